The molecule has 0 aromatic heterocycles. The van der Waals surface area contributed by atoms with Crippen LogP contribution >= 0.6 is 0 Å². The lowest BCUT2D eigenvalue weighted by molar-refractivity contribution is -0.00304. The maximum absolute atomic E-state index is 5.73. The second-order valence-electron chi connectivity index (χ2n) is 4.95. The van der Waals surface area contributed by atoms with Crippen LogP contribution in [-0.2, 0) is 9.47 Å². The van der Waals surface area contributed by atoms with Crippen molar-refractivity contribution in [2.24, 2.45) is 11.3 Å². The van der Waals surface area contributed by atoms with Crippen molar-refractivity contribution in [1.29, 1.82) is 0 Å². The Kier molecular flexibility index (Phi) is 8.07. The molecule has 0 heterocycles. The molecular weight excluding hydrogens is 188 g/mol. The zero-order valence-electron chi connectivity index (χ0n) is 11.1. The summed E-state index contributed by atoms with van der Waals surface area (Å²) >= 11 is 0. The number of ether oxygens (including phenoxy) is 2. The van der Waals surface area contributed by atoms with Crippen molar-refractivity contribution in [3.8, 4) is 0 Å². The molecule has 0 aliphatic heterocycles. The van der Waals surface area contributed by atoms with Crippen molar-refractivity contribution in [2.45, 2.75) is 47.0 Å². The van der Waals surface area contributed by atoms with Gasteiger partial charge in [0.15, 0.2) is 0 Å². The topological polar surface area (TPSA) is 18.5 Å². The van der Waals surface area contributed by atoms with E-state index < -0.39 is 0 Å². The van der Waals surface area contributed by atoms with Gasteiger partial charge in [0.25, 0.3) is 0 Å². The zero-order chi connectivity index (χ0) is 11.7. The van der Waals surface area contributed by atoms with Crippen LogP contribution in [0, 0.1) is 11.3 Å². The quantitative estimate of drug-likeness (QED) is 0.549. The molecule has 15 heavy (non-hydrogen) atoms. The monoisotopic (exact) mass is 216 g/mol. The molecule has 0 fully saturated rings. The van der Waals surface area contributed by atoms with Gasteiger partial charge in [0.1, 0.15) is 0 Å². The second-order valence-corrected chi connectivity index (χ2v) is 4.95. The minimum atomic E-state index is 0.185. The maximum Gasteiger partial charge on any atom is 0.0541 e. The molecule has 0 aromatic carbocycles. The van der Waals surface area contributed by atoms with Crippen molar-refractivity contribution < 1.29 is 9.47 Å². The third-order valence-corrected chi connectivity index (χ3v) is 3.25. The fraction of sp³-hybridized carbons (Fsp3) is 1.00. The Morgan fingerprint density at radius 3 is 2.33 bits per heavy atom. The van der Waals surface area contributed by atoms with Crippen LogP contribution < -0.4 is 0 Å². The van der Waals surface area contributed by atoms with Gasteiger partial charge in [-0.2, -0.15) is 0 Å². The van der Waals surface area contributed by atoms with Gasteiger partial charge in [-0.1, -0.05) is 34.1 Å². The van der Waals surface area contributed by atoms with E-state index in [4.69, 9.17) is 9.47 Å². The molecule has 0 aromatic rings. The summed E-state index contributed by atoms with van der Waals surface area (Å²) in [6.45, 7) is 11.4. The first kappa shape index (κ1) is 14.9. The molecule has 0 radical (unpaired) electrons. The van der Waals surface area contributed by atoms with Gasteiger partial charge in [0.2, 0.25) is 0 Å². The van der Waals surface area contributed by atoms with E-state index in [2.05, 4.69) is 27.7 Å². The highest BCUT2D eigenvalue weighted by molar-refractivity contribution is 4.71. The molecular formula is C13H28O2. The van der Waals surface area contributed by atoms with Crippen LogP contribution in [0.2, 0.25) is 0 Å². The first-order valence-corrected chi connectivity index (χ1v) is 6.14. The van der Waals surface area contributed by atoms with E-state index in [0.29, 0.717) is 0 Å². The van der Waals surface area contributed by atoms with Crippen LogP contribution in [0.15, 0.2) is 0 Å². The van der Waals surface area contributed by atoms with E-state index >= 15 is 0 Å². The normalized spacial score (nSPS) is 17.4. The molecule has 0 N–H and O–H groups in total. The first-order chi connectivity index (χ1) is 7.08. The molecule has 0 rings (SSSR count). The number of methoxy groups -OCH3 is 1. The molecule has 2 atom stereocenters. The Balaban J connectivity index is 3.63. The molecule has 2 nitrogen and oxygen atoms in total. The van der Waals surface area contributed by atoms with E-state index in [1.807, 2.05) is 0 Å². The minimum Gasteiger partial charge on any atom is -0.384 e. The van der Waals surface area contributed by atoms with Gasteiger partial charge in [-0.05, 0) is 18.8 Å². The zero-order valence-corrected chi connectivity index (χ0v) is 11.1. The second kappa shape index (κ2) is 8.12. The summed E-state index contributed by atoms with van der Waals surface area (Å²) in [7, 11) is 1.76. The average Bonchev–Trinajstić information content (AvgIpc) is 2.24. The standard InChI is InChI=1S/C13H28O2/c1-6-12(3)8-9-15-11-13(4,7-2)10-14-5/h12H,6-11H2,1-5H3. The number of hydrogen-bond donors (Lipinski definition) is 0. The lowest BCUT2D eigenvalue weighted by atomic mass is 9.90. The summed E-state index contributed by atoms with van der Waals surface area (Å²) in [6.07, 6.45) is 3.51. The molecule has 0 bridgehead atoms. The van der Waals surface area contributed by atoms with Crippen LogP contribution in [-0.4, -0.2) is 26.9 Å². The smallest absolute Gasteiger partial charge is 0.0541 e. The van der Waals surface area contributed by atoms with Crippen LogP contribution in [0.25, 0.3) is 0 Å². The van der Waals surface area contributed by atoms with Gasteiger partial charge in [0, 0.05) is 19.1 Å². The predicted octanol–water partition coefficient (Wildman–Crippen LogP) is 3.50. The summed E-state index contributed by atoms with van der Waals surface area (Å²) in [5, 5.41) is 0. The van der Waals surface area contributed by atoms with E-state index in [1.165, 1.54) is 12.8 Å². The summed E-state index contributed by atoms with van der Waals surface area (Å²) in [5.74, 6) is 0.778. The fourth-order valence-electron chi connectivity index (χ4n) is 1.40. The van der Waals surface area contributed by atoms with E-state index in [0.717, 1.165) is 32.2 Å². The first-order valence-electron chi connectivity index (χ1n) is 6.14. The molecule has 0 amide bonds. The van der Waals surface area contributed by atoms with Gasteiger partial charge >= 0.3 is 0 Å². The Morgan fingerprint density at radius 1 is 1.20 bits per heavy atom. The third-order valence-electron chi connectivity index (χ3n) is 3.25. The minimum absolute atomic E-state index is 0.185. The highest BCUT2D eigenvalue weighted by Gasteiger charge is 2.22. The fourth-order valence-corrected chi connectivity index (χ4v) is 1.40. The molecule has 2 unspecified atom stereocenters. The van der Waals surface area contributed by atoms with E-state index in [-0.39, 0.29) is 5.41 Å². The SMILES string of the molecule is CCC(C)CCOCC(C)(CC)COC. The number of rotatable bonds is 9. The summed E-state index contributed by atoms with van der Waals surface area (Å²) < 4.78 is 11.0. The Labute approximate surface area is 95.3 Å². The lowest BCUT2D eigenvalue weighted by Gasteiger charge is -2.27. The van der Waals surface area contributed by atoms with Gasteiger partial charge in [-0.25, -0.2) is 0 Å². The highest BCUT2D eigenvalue weighted by Crippen LogP contribution is 2.21. The highest BCUT2D eigenvalue weighted by atomic mass is 16.5. The Morgan fingerprint density at radius 2 is 1.87 bits per heavy atom. The summed E-state index contributed by atoms with van der Waals surface area (Å²) in [6, 6.07) is 0. The van der Waals surface area contributed by atoms with Crippen LogP contribution in [0.5, 0.6) is 0 Å². The Bertz CT molecular complexity index is 147. The van der Waals surface area contributed by atoms with Crippen LogP contribution in [0.4, 0.5) is 0 Å². The lowest BCUT2D eigenvalue weighted by Crippen LogP contribution is -2.28. The van der Waals surface area contributed by atoms with E-state index in [9.17, 15) is 0 Å². The predicted molar refractivity (Wildman–Crippen MR) is 65.2 cm³/mol. The van der Waals surface area contributed by atoms with Gasteiger partial charge < -0.3 is 9.47 Å². The number of hydrogen-bond acceptors (Lipinski definition) is 2. The molecule has 0 aliphatic rings. The van der Waals surface area contributed by atoms with Crippen molar-refractivity contribution in [3.05, 3.63) is 0 Å². The third kappa shape index (κ3) is 6.91. The molecule has 0 saturated heterocycles. The van der Waals surface area contributed by atoms with Crippen molar-refractivity contribution in [2.75, 3.05) is 26.9 Å². The molecule has 0 aliphatic carbocycles. The van der Waals surface area contributed by atoms with Crippen molar-refractivity contribution in [1.82, 2.24) is 0 Å². The molecule has 2 heteroatoms. The summed E-state index contributed by atoms with van der Waals surface area (Å²) in [5.41, 5.74) is 0.185. The van der Waals surface area contributed by atoms with Crippen LogP contribution in [0.1, 0.15) is 47.0 Å². The van der Waals surface area contributed by atoms with Gasteiger partial charge in [0.05, 0.1) is 13.2 Å². The van der Waals surface area contributed by atoms with Gasteiger partial charge in [-0.3, -0.25) is 0 Å². The van der Waals surface area contributed by atoms with Crippen molar-refractivity contribution >= 4 is 0 Å². The van der Waals surface area contributed by atoms with Crippen molar-refractivity contribution in [3.63, 3.8) is 0 Å². The molecule has 92 valence electrons. The largest absolute Gasteiger partial charge is 0.384 e. The summed E-state index contributed by atoms with van der Waals surface area (Å²) in [4.78, 5) is 0. The maximum atomic E-state index is 5.73. The van der Waals surface area contributed by atoms with Gasteiger partial charge in [-0.15, -0.1) is 0 Å². The molecule has 0 spiro atoms. The van der Waals surface area contributed by atoms with Crippen LogP contribution in [0.3, 0.4) is 0 Å². The Hall–Kier alpha value is -0.0800. The van der Waals surface area contributed by atoms with E-state index in [1.54, 1.807) is 7.11 Å². The average molecular weight is 216 g/mol. The molecule has 0 saturated carbocycles.